The molecule has 0 bridgehead atoms. The molecule has 0 saturated carbocycles. The van der Waals surface area contributed by atoms with Crippen molar-refractivity contribution in [3.63, 3.8) is 0 Å². The van der Waals surface area contributed by atoms with Crippen molar-refractivity contribution < 1.29 is 47.7 Å². The summed E-state index contributed by atoms with van der Waals surface area (Å²) in [5, 5.41) is 2.96. The molecular weight excluding hydrogens is 620 g/mol. The van der Waals surface area contributed by atoms with E-state index in [4.69, 9.17) is 18.9 Å². The molecule has 6 rings (SSSR count). The molecule has 0 aromatic heterocycles. The number of benzene rings is 4. The van der Waals surface area contributed by atoms with Gasteiger partial charge in [0.2, 0.25) is 0 Å². The lowest BCUT2D eigenvalue weighted by molar-refractivity contribution is 0.0395. The van der Waals surface area contributed by atoms with Gasteiger partial charge in [-0.2, -0.15) is 0 Å². The zero-order valence-electron chi connectivity index (χ0n) is 26.0. The zero-order chi connectivity index (χ0) is 33.6. The summed E-state index contributed by atoms with van der Waals surface area (Å²) in [6.07, 6.45) is -0.471. The molecule has 2 aliphatic rings. The SMILES string of the molecule is O=C(OCCCCOC(=O)OCCCN1C(=O)c2cccc3cccc(c23)C1=O)OCCCN1C(=O)c2cccc3cccc(c23)C1=O. The maximum Gasteiger partial charge on any atom is 0.508 e. The van der Waals surface area contributed by atoms with E-state index in [0.717, 1.165) is 20.6 Å². The Morgan fingerprint density at radius 3 is 1.04 bits per heavy atom. The van der Waals surface area contributed by atoms with Crippen LogP contribution in [0.2, 0.25) is 0 Å². The lowest BCUT2D eigenvalue weighted by Crippen LogP contribution is -2.41. The minimum Gasteiger partial charge on any atom is -0.434 e. The second-order valence-corrected chi connectivity index (χ2v) is 11.3. The Morgan fingerprint density at radius 1 is 0.438 bits per heavy atom. The molecule has 4 aromatic rings. The third kappa shape index (κ3) is 6.55. The van der Waals surface area contributed by atoms with E-state index in [1.807, 2.05) is 24.3 Å². The highest BCUT2D eigenvalue weighted by molar-refractivity contribution is 6.26. The minimum absolute atomic E-state index is 0.0376. The summed E-state index contributed by atoms with van der Waals surface area (Å²) >= 11 is 0. The molecule has 12 heteroatoms. The number of hydrogen-bond donors (Lipinski definition) is 0. The molecule has 48 heavy (non-hydrogen) atoms. The Hall–Kier alpha value is -5.78. The first kappa shape index (κ1) is 32.2. The topological polar surface area (TPSA) is 146 Å². The van der Waals surface area contributed by atoms with Crippen LogP contribution in [0.1, 0.15) is 67.1 Å². The summed E-state index contributed by atoms with van der Waals surface area (Å²) in [6, 6.07) is 21.3. The Kier molecular flexibility index (Phi) is 9.60. The second-order valence-electron chi connectivity index (χ2n) is 11.3. The van der Waals surface area contributed by atoms with Gasteiger partial charge in [0.05, 0.1) is 26.4 Å². The summed E-state index contributed by atoms with van der Waals surface area (Å²) in [5.74, 6) is -1.53. The van der Waals surface area contributed by atoms with E-state index in [2.05, 4.69) is 0 Å². The van der Waals surface area contributed by atoms with Gasteiger partial charge in [-0.25, -0.2) is 9.59 Å². The van der Waals surface area contributed by atoms with Crippen molar-refractivity contribution >= 4 is 57.5 Å². The van der Waals surface area contributed by atoms with Crippen LogP contribution in [-0.2, 0) is 18.9 Å². The average Bonchev–Trinajstić information content (AvgIpc) is 3.10. The minimum atomic E-state index is -0.882. The second kappa shape index (κ2) is 14.3. The number of imide groups is 2. The molecular formula is C36H32N2O10. The number of unbranched alkanes of at least 4 members (excludes halogenated alkanes) is 1. The molecule has 4 amide bonds. The molecule has 0 spiro atoms. The molecule has 0 unspecified atom stereocenters. The number of amides is 4. The molecule has 4 aromatic carbocycles. The van der Waals surface area contributed by atoms with Crippen LogP contribution in [0.4, 0.5) is 9.59 Å². The molecule has 0 N–H and O–H groups in total. The van der Waals surface area contributed by atoms with Crippen molar-refractivity contribution in [1.82, 2.24) is 9.80 Å². The summed E-state index contributed by atoms with van der Waals surface area (Å²) in [7, 11) is 0. The Bertz CT molecular complexity index is 1700. The van der Waals surface area contributed by atoms with E-state index < -0.39 is 12.3 Å². The molecule has 12 nitrogen and oxygen atoms in total. The lowest BCUT2D eigenvalue weighted by atomic mass is 9.94. The van der Waals surface area contributed by atoms with E-state index in [0.29, 0.717) is 45.9 Å². The highest BCUT2D eigenvalue weighted by atomic mass is 16.7. The van der Waals surface area contributed by atoms with Gasteiger partial charge in [0.15, 0.2) is 0 Å². The van der Waals surface area contributed by atoms with Gasteiger partial charge in [-0.3, -0.25) is 29.0 Å². The lowest BCUT2D eigenvalue weighted by Gasteiger charge is -2.27. The van der Waals surface area contributed by atoms with Crippen LogP contribution >= 0.6 is 0 Å². The van der Waals surface area contributed by atoms with Crippen LogP contribution in [0.15, 0.2) is 72.8 Å². The predicted molar refractivity (Wildman–Crippen MR) is 172 cm³/mol. The molecule has 0 fully saturated rings. The van der Waals surface area contributed by atoms with Crippen LogP contribution in [0.5, 0.6) is 0 Å². The Morgan fingerprint density at radius 2 is 0.729 bits per heavy atom. The molecule has 246 valence electrons. The molecule has 2 aliphatic heterocycles. The summed E-state index contributed by atoms with van der Waals surface area (Å²) < 4.78 is 20.2. The molecule has 0 atom stereocenters. The predicted octanol–water partition coefficient (Wildman–Crippen LogP) is 5.75. The fraction of sp³-hybridized carbons (Fsp3) is 0.278. The quantitative estimate of drug-likeness (QED) is 0.0994. The van der Waals surface area contributed by atoms with E-state index in [-0.39, 0.29) is 76.0 Å². The van der Waals surface area contributed by atoms with Crippen LogP contribution < -0.4 is 0 Å². The van der Waals surface area contributed by atoms with Gasteiger partial charge in [-0.1, -0.05) is 48.5 Å². The molecule has 0 aliphatic carbocycles. The Labute approximate surface area is 275 Å². The van der Waals surface area contributed by atoms with Crippen molar-refractivity contribution in [3.05, 3.63) is 95.1 Å². The van der Waals surface area contributed by atoms with Gasteiger partial charge in [0, 0.05) is 46.1 Å². The maximum absolute atomic E-state index is 12.9. The smallest absolute Gasteiger partial charge is 0.434 e. The first-order valence-corrected chi connectivity index (χ1v) is 15.7. The monoisotopic (exact) mass is 652 g/mol. The fourth-order valence-corrected chi connectivity index (χ4v) is 5.92. The number of carbonyl (C=O) groups excluding carboxylic acids is 6. The summed E-state index contributed by atoms with van der Waals surface area (Å²) in [6.45, 7) is 0.165. The van der Waals surface area contributed by atoms with Gasteiger partial charge in [0.25, 0.3) is 23.6 Å². The summed E-state index contributed by atoms with van der Waals surface area (Å²) in [5.41, 5.74) is 1.87. The standard InChI is InChI=1S/C36H32N2O10/c39-31-25-13-3-9-23-10-4-14-26(29(23)25)32(40)37(31)17-7-21-47-35(43)45-19-1-2-20-46-36(44)48-22-8-18-38-33(41)27-15-5-11-24-12-6-16-28(30(24)27)34(38)42/h3-6,9-16H,1-2,7-8,17-22H2. The largest absolute Gasteiger partial charge is 0.508 e. The van der Waals surface area contributed by atoms with Crippen LogP contribution in [0.3, 0.4) is 0 Å². The first-order valence-electron chi connectivity index (χ1n) is 15.7. The van der Waals surface area contributed by atoms with Gasteiger partial charge in [-0.15, -0.1) is 0 Å². The van der Waals surface area contributed by atoms with E-state index in [9.17, 15) is 28.8 Å². The highest BCUT2D eigenvalue weighted by Gasteiger charge is 2.33. The normalized spacial score (nSPS) is 13.7. The Balaban J connectivity index is 0.811. The number of rotatable bonds is 13. The van der Waals surface area contributed by atoms with E-state index in [1.165, 1.54) is 0 Å². The average molecular weight is 653 g/mol. The zero-order valence-corrected chi connectivity index (χ0v) is 26.0. The van der Waals surface area contributed by atoms with Crippen LogP contribution in [-0.4, -0.2) is 85.3 Å². The van der Waals surface area contributed by atoms with Gasteiger partial charge in [0.1, 0.15) is 0 Å². The van der Waals surface area contributed by atoms with Crippen molar-refractivity contribution in [3.8, 4) is 0 Å². The number of nitrogens with zero attached hydrogens (tertiary/aromatic N) is 2. The van der Waals surface area contributed by atoms with Crippen molar-refractivity contribution in [2.75, 3.05) is 39.5 Å². The molecule has 0 saturated heterocycles. The van der Waals surface area contributed by atoms with Crippen LogP contribution in [0.25, 0.3) is 21.5 Å². The third-order valence-corrected chi connectivity index (χ3v) is 8.18. The third-order valence-electron chi connectivity index (χ3n) is 8.18. The summed E-state index contributed by atoms with van der Waals surface area (Å²) in [4.78, 5) is 77.9. The van der Waals surface area contributed by atoms with Gasteiger partial charge < -0.3 is 18.9 Å². The number of hydrogen-bond acceptors (Lipinski definition) is 10. The molecule has 2 heterocycles. The number of ether oxygens (including phenoxy) is 4. The maximum atomic E-state index is 12.9. The molecule has 0 radical (unpaired) electrons. The highest BCUT2D eigenvalue weighted by Crippen LogP contribution is 2.31. The fourth-order valence-electron chi connectivity index (χ4n) is 5.92. The van der Waals surface area contributed by atoms with E-state index >= 15 is 0 Å². The van der Waals surface area contributed by atoms with Crippen LogP contribution in [0, 0.1) is 0 Å². The number of carbonyl (C=O) groups is 6. The van der Waals surface area contributed by atoms with E-state index in [1.54, 1.807) is 48.5 Å². The van der Waals surface area contributed by atoms with Crippen molar-refractivity contribution in [2.24, 2.45) is 0 Å². The van der Waals surface area contributed by atoms with Gasteiger partial charge >= 0.3 is 12.3 Å². The van der Waals surface area contributed by atoms with Gasteiger partial charge in [-0.05, 0) is 60.7 Å². The van der Waals surface area contributed by atoms with Crippen molar-refractivity contribution in [2.45, 2.75) is 25.7 Å². The van der Waals surface area contributed by atoms with Crippen molar-refractivity contribution in [1.29, 1.82) is 0 Å². The first-order chi connectivity index (χ1) is 23.3.